The molecule has 0 unspecified atom stereocenters. The first kappa shape index (κ1) is 21.2. The van der Waals surface area contributed by atoms with Gasteiger partial charge in [-0.1, -0.05) is 12.1 Å². The van der Waals surface area contributed by atoms with Crippen LogP contribution in [0.5, 0.6) is 0 Å². The number of halogens is 1. The highest BCUT2D eigenvalue weighted by molar-refractivity contribution is 5.90. The van der Waals surface area contributed by atoms with Gasteiger partial charge in [-0.25, -0.2) is 9.18 Å². The van der Waals surface area contributed by atoms with Crippen LogP contribution in [-0.2, 0) is 9.53 Å². The molecule has 0 spiro atoms. The lowest BCUT2D eigenvalue weighted by atomic mass is 9.97. The van der Waals surface area contributed by atoms with Crippen LogP contribution in [0.25, 0.3) is 0 Å². The van der Waals surface area contributed by atoms with Crippen molar-refractivity contribution in [1.29, 1.82) is 0 Å². The minimum Gasteiger partial charge on any atom is -0.444 e. The van der Waals surface area contributed by atoms with E-state index < -0.39 is 11.4 Å². The average molecular weight is 379 g/mol. The molecule has 1 fully saturated rings. The Balaban J connectivity index is 1.62. The van der Waals surface area contributed by atoms with E-state index in [1.807, 2.05) is 20.8 Å². The van der Waals surface area contributed by atoms with Crippen LogP contribution in [0.3, 0.4) is 0 Å². The van der Waals surface area contributed by atoms with E-state index in [2.05, 4.69) is 15.5 Å². The molecule has 0 bridgehead atoms. The van der Waals surface area contributed by atoms with Crippen LogP contribution in [-0.4, -0.2) is 48.7 Å². The summed E-state index contributed by atoms with van der Waals surface area (Å²) in [5.74, 6) is -0.195. The number of likely N-dealkylation sites (tertiary alicyclic amines) is 1. The molecule has 1 aromatic carbocycles. The van der Waals surface area contributed by atoms with E-state index in [1.54, 1.807) is 18.2 Å². The zero-order chi connectivity index (χ0) is 19.9. The third kappa shape index (κ3) is 7.95. The minimum absolute atomic E-state index is 0.186. The average Bonchev–Trinajstić information content (AvgIpc) is 2.59. The number of carbonyl (C=O) groups is 2. The van der Waals surface area contributed by atoms with Crippen molar-refractivity contribution in [2.45, 2.75) is 45.6 Å². The van der Waals surface area contributed by atoms with Gasteiger partial charge in [-0.15, -0.1) is 0 Å². The van der Waals surface area contributed by atoms with Gasteiger partial charge in [0.25, 0.3) is 0 Å². The molecule has 0 aliphatic carbocycles. The van der Waals surface area contributed by atoms with Gasteiger partial charge >= 0.3 is 6.09 Å². The molecule has 27 heavy (non-hydrogen) atoms. The molecule has 6 nitrogen and oxygen atoms in total. The summed E-state index contributed by atoms with van der Waals surface area (Å²) in [6, 6.07) is 6.16. The van der Waals surface area contributed by atoms with E-state index in [-0.39, 0.29) is 17.7 Å². The van der Waals surface area contributed by atoms with Crippen LogP contribution in [0, 0.1) is 11.7 Å². The molecule has 1 aromatic rings. The predicted octanol–water partition coefficient (Wildman–Crippen LogP) is 3.39. The maximum absolute atomic E-state index is 13.5. The van der Waals surface area contributed by atoms with Gasteiger partial charge < -0.3 is 20.3 Å². The Morgan fingerprint density at radius 3 is 2.52 bits per heavy atom. The van der Waals surface area contributed by atoms with Gasteiger partial charge in [0, 0.05) is 19.5 Å². The van der Waals surface area contributed by atoms with Crippen LogP contribution in [0.2, 0.25) is 0 Å². The van der Waals surface area contributed by atoms with Gasteiger partial charge in [0.2, 0.25) is 5.91 Å². The molecule has 7 heteroatoms. The second-order valence-electron chi connectivity index (χ2n) is 7.95. The maximum atomic E-state index is 13.5. The molecule has 1 aliphatic rings. The van der Waals surface area contributed by atoms with Crippen LogP contribution in [0.4, 0.5) is 14.9 Å². The fourth-order valence-corrected chi connectivity index (χ4v) is 2.99. The standard InChI is InChI=1S/C20H30FN3O3/c1-20(2,3)27-19(26)22-14-15-8-11-24(12-9-15)13-10-18(25)23-17-7-5-4-6-16(17)21/h4-7,15H,8-14H2,1-3H3,(H,22,26)(H,23,25). The van der Waals surface area contributed by atoms with Crippen molar-refractivity contribution in [3.63, 3.8) is 0 Å². The largest absolute Gasteiger partial charge is 0.444 e. The van der Waals surface area contributed by atoms with Gasteiger partial charge in [-0.3, -0.25) is 4.79 Å². The number of amides is 2. The third-order valence-corrected chi connectivity index (χ3v) is 4.44. The predicted molar refractivity (Wildman–Crippen MR) is 103 cm³/mol. The zero-order valence-corrected chi connectivity index (χ0v) is 16.4. The number of rotatable bonds is 6. The van der Waals surface area contributed by atoms with E-state index in [0.29, 0.717) is 25.4 Å². The van der Waals surface area contributed by atoms with E-state index in [4.69, 9.17) is 4.74 Å². The fraction of sp³-hybridized carbons (Fsp3) is 0.600. The Bertz CT molecular complexity index is 638. The first-order valence-electron chi connectivity index (χ1n) is 9.46. The van der Waals surface area contributed by atoms with Gasteiger partial charge in [0.05, 0.1) is 5.69 Å². The molecule has 0 atom stereocenters. The summed E-state index contributed by atoms with van der Waals surface area (Å²) >= 11 is 0. The van der Waals surface area contributed by atoms with Crippen LogP contribution in [0.1, 0.15) is 40.0 Å². The number of ether oxygens (including phenoxy) is 1. The summed E-state index contributed by atoms with van der Waals surface area (Å²) in [7, 11) is 0. The number of hydrogen-bond acceptors (Lipinski definition) is 4. The van der Waals surface area contributed by atoms with Crippen LogP contribution < -0.4 is 10.6 Å². The first-order valence-corrected chi connectivity index (χ1v) is 9.46. The second-order valence-corrected chi connectivity index (χ2v) is 7.95. The molecular weight excluding hydrogens is 349 g/mol. The van der Waals surface area contributed by atoms with Crippen molar-refractivity contribution < 1.29 is 18.7 Å². The number of para-hydroxylation sites is 1. The van der Waals surface area contributed by atoms with Gasteiger partial charge in [0.1, 0.15) is 11.4 Å². The summed E-state index contributed by atoms with van der Waals surface area (Å²) in [6.45, 7) is 8.54. The number of alkyl carbamates (subject to hydrolysis) is 1. The number of piperidine rings is 1. The van der Waals surface area contributed by atoms with E-state index in [1.165, 1.54) is 6.07 Å². The van der Waals surface area contributed by atoms with Crippen molar-refractivity contribution in [2.75, 3.05) is 31.5 Å². The second kappa shape index (κ2) is 9.69. The zero-order valence-electron chi connectivity index (χ0n) is 16.4. The van der Waals surface area contributed by atoms with Crippen LogP contribution in [0.15, 0.2) is 24.3 Å². The number of anilines is 1. The van der Waals surface area contributed by atoms with Crippen molar-refractivity contribution in [2.24, 2.45) is 5.92 Å². The monoisotopic (exact) mass is 379 g/mol. The summed E-state index contributed by atoms with van der Waals surface area (Å²) in [5.41, 5.74) is -0.272. The highest BCUT2D eigenvalue weighted by Crippen LogP contribution is 2.17. The third-order valence-electron chi connectivity index (χ3n) is 4.44. The first-order chi connectivity index (χ1) is 12.7. The molecule has 0 radical (unpaired) electrons. The molecule has 1 aliphatic heterocycles. The number of carbonyl (C=O) groups excluding carboxylic acids is 2. The molecule has 150 valence electrons. The SMILES string of the molecule is CC(C)(C)OC(=O)NCC1CCN(CCC(=O)Nc2ccccc2F)CC1. The number of nitrogens with zero attached hydrogens (tertiary/aromatic N) is 1. The molecule has 0 saturated carbocycles. The minimum atomic E-state index is -0.489. The van der Waals surface area contributed by atoms with Gasteiger partial charge in [-0.05, 0) is 64.8 Å². The Morgan fingerprint density at radius 2 is 1.89 bits per heavy atom. The molecule has 1 heterocycles. The maximum Gasteiger partial charge on any atom is 0.407 e. The van der Waals surface area contributed by atoms with E-state index in [0.717, 1.165) is 25.9 Å². The number of hydrogen-bond donors (Lipinski definition) is 2. The van der Waals surface area contributed by atoms with Crippen molar-refractivity contribution in [3.8, 4) is 0 Å². The Hall–Kier alpha value is -2.15. The van der Waals surface area contributed by atoms with Gasteiger partial charge in [-0.2, -0.15) is 0 Å². The lowest BCUT2D eigenvalue weighted by molar-refractivity contribution is -0.116. The van der Waals surface area contributed by atoms with Crippen molar-refractivity contribution in [1.82, 2.24) is 10.2 Å². The summed E-state index contributed by atoms with van der Waals surface area (Å²) in [6.07, 6.45) is 1.87. The highest BCUT2D eigenvalue weighted by atomic mass is 19.1. The quantitative estimate of drug-likeness (QED) is 0.795. The van der Waals surface area contributed by atoms with Gasteiger partial charge in [0.15, 0.2) is 0 Å². The Morgan fingerprint density at radius 1 is 1.22 bits per heavy atom. The Labute approximate surface area is 160 Å². The molecular formula is C20H30FN3O3. The van der Waals surface area contributed by atoms with Crippen molar-refractivity contribution in [3.05, 3.63) is 30.1 Å². The topological polar surface area (TPSA) is 70.7 Å². The fourth-order valence-electron chi connectivity index (χ4n) is 2.99. The Kier molecular flexibility index (Phi) is 7.59. The molecule has 0 aromatic heterocycles. The normalized spacial score (nSPS) is 16.0. The molecule has 2 rings (SSSR count). The number of benzene rings is 1. The highest BCUT2D eigenvalue weighted by Gasteiger charge is 2.22. The van der Waals surface area contributed by atoms with E-state index in [9.17, 15) is 14.0 Å². The van der Waals surface area contributed by atoms with Crippen molar-refractivity contribution >= 4 is 17.7 Å². The molecule has 2 amide bonds. The lowest BCUT2D eigenvalue weighted by Gasteiger charge is -2.32. The van der Waals surface area contributed by atoms with E-state index >= 15 is 0 Å². The summed E-state index contributed by atoms with van der Waals surface area (Å²) in [4.78, 5) is 25.9. The lowest BCUT2D eigenvalue weighted by Crippen LogP contribution is -2.41. The smallest absolute Gasteiger partial charge is 0.407 e. The van der Waals surface area contributed by atoms with Crippen LogP contribution >= 0.6 is 0 Å². The molecule has 2 N–H and O–H groups in total. The summed E-state index contributed by atoms with van der Waals surface area (Å²) in [5, 5.41) is 5.44. The number of nitrogens with one attached hydrogen (secondary N) is 2. The summed E-state index contributed by atoms with van der Waals surface area (Å²) < 4.78 is 18.8. The molecule has 1 saturated heterocycles.